The van der Waals surface area contributed by atoms with E-state index in [1.807, 2.05) is 41.8 Å². The zero-order valence-electron chi connectivity index (χ0n) is 16.0. The van der Waals surface area contributed by atoms with Gasteiger partial charge in [-0.3, -0.25) is 14.2 Å². The number of aromatic nitrogens is 3. The summed E-state index contributed by atoms with van der Waals surface area (Å²) in [5, 5.41) is 11.9. The lowest BCUT2D eigenvalue weighted by Gasteiger charge is -2.16. The molecule has 1 fully saturated rings. The fourth-order valence-electron chi connectivity index (χ4n) is 3.27. The van der Waals surface area contributed by atoms with Crippen LogP contribution in [0.4, 0.5) is 11.4 Å². The minimum atomic E-state index is -0.148. The molecule has 1 aliphatic rings. The topological polar surface area (TPSA) is 93.3 Å². The summed E-state index contributed by atoms with van der Waals surface area (Å²) in [5.74, 6) is 1.45. The number of anilines is 2. The third-order valence-electron chi connectivity index (χ3n) is 4.62. The van der Waals surface area contributed by atoms with Gasteiger partial charge in [0.05, 0.1) is 12.0 Å². The number of carbonyl (C=O) groups excluding carboxylic acids is 2. The SMILES string of the molecule is CCn1c(SCC(=O)Nc2cccc(N3CCCC3=O)c2)nnc1-c1ccco1. The first kappa shape index (κ1) is 19.3. The van der Waals surface area contributed by atoms with Gasteiger partial charge < -0.3 is 14.6 Å². The molecule has 1 aromatic carbocycles. The number of thioether (sulfide) groups is 1. The average molecular weight is 411 g/mol. The van der Waals surface area contributed by atoms with Gasteiger partial charge >= 0.3 is 0 Å². The van der Waals surface area contributed by atoms with Crippen molar-refractivity contribution >= 4 is 35.0 Å². The van der Waals surface area contributed by atoms with Crippen molar-refractivity contribution in [2.75, 3.05) is 22.5 Å². The Morgan fingerprint density at radius 2 is 2.17 bits per heavy atom. The molecule has 0 radical (unpaired) electrons. The zero-order chi connectivity index (χ0) is 20.2. The van der Waals surface area contributed by atoms with Crippen LogP contribution in [0.25, 0.3) is 11.6 Å². The molecule has 0 bridgehead atoms. The molecule has 3 aromatic rings. The van der Waals surface area contributed by atoms with Crippen LogP contribution in [0, 0.1) is 0 Å². The van der Waals surface area contributed by atoms with Gasteiger partial charge in [0.15, 0.2) is 16.7 Å². The first-order valence-electron chi connectivity index (χ1n) is 9.46. The van der Waals surface area contributed by atoms with E-state index in [0.29, 0.717) is 35.4 Å². The first-order chi connectivity index (χ1) is 14.2. The molecule has 1 aliphatic heterocycles. The molecule has 1 N–H and O–H groups in total. The maximum atomic E-state index is 12.4. The lowest BCUT2D eigenvalue weighted by Crippen LogP contribution is -2.23. The number of amides is 2. The Labute approximate surface area is 172 Å². The van der Waals surface area contributed by atoms with E-state index in [1.165, 1.54) is 11.8 Å². The van der Waals surface area contributed by atoms with E-state index >= 15 is 0 Å². The summed E-state index contributed by atoms with van der Waals surface area (Å²) < 4.78 is 7.31. The van der Waals surface area contributed by atoms with Crippen molar-refractivity contribution < 1.29 is 14.0 Å². The maximum absolute atomic E-state index is 12.4. The number of hydrogen-bond donors (Lipinski definition) is 1. The molecule has 0 aliphatic carbocycles. The van der Waals surface area contributed by atoms with Gasteiger partial charge in [-0.25, -0.2) is 0 Å². The summed E-state index contributed by atoms with van der Waals surface area (Å²) in [7, 11) is 0. The van der Waals surface area contributed by atoms with Crippen LogP contribution >= 0.6 is 11.8 Å². The number of furan rings is 1. The minimum Gasteiger partial charge on any atom is -0.461 e. The highest BCUT2D eigenvalue weighted by Gasteiger charge is 2.22. The normalized spacial score (nSPS) is 13.8. The predicted molar refractivity (Wildman–Crippen MR) is 111 cm³/mol. The average Bonchev–Trinajstić information content (AvgIpc) is 3.46. The van der Waals surface area contributed by atoms with Gasteiger partial charge in [0, 0.05) is 30.9 Å². The summed E-state index contributed by atoms with van der Waals surface area (Å²) in [6.07, 6.45) is 3.03. The second-order valence-electron chi connectivity index (χ2n) is 6.56. The van der Waals surface area contributed by atoms with Crippen LogP contribution in [0.3, 0.4) is 0 Å². The van der Waals surface area contributed by atoms with Crippen molar-refractivity contribution in [3.05, 3.63) is 42.7 Å². The van der Waals surface area contributed by atoms with E-state index < -0.39 is 0 Å². The highest BCUT2D eigenvalue weighted by atomic mass is 32.2. The number of benzene rings is 1. The number of nitrogens with one attached hydrogen (secondary N) is 1. The van der Waals surface area contributed by atoms with Crippen molar-refractivity contribution in [3.8, 4) is 11.6 Å². The summed E-state index contributed by atoms with van der Waals surface area (Å²) in [5.41, 5.74) is 1.48. The van der Waals surface area contributed by atoms with Crippen LogP contribution in [0.2, 0.25) is 0 Å². The van der Waals surface area contributed by atoms with Gasteiger partial charge in [-0.2, -0.15) is 0 Å². The van der Waals surface area contributed by atoms with Crippen molar-refractivity contribution in [1.82, 2.24) is 14.8 Å². The van der Waals surface area contributed by atoms with Crippen LogP contribution < -0.4 is 10.2 Å². The Balaban J connectivity index is 1.39. The fourth-order valence-corrected chi connectivity index (χ4v) is 4.07. The molecule has 0 atom stereocenters. The smallest absolute Gasteiger partial charge is 0.234 e. The Bertz CT molecular complexity index is 1020. The molecule has 2 aromatic heterocycles. The second kappa shape index (κ2) is 8.52. The van der Waals surface area contributed by atoms with Crippen LogP contribution in [0.15, 0.2) is 52.2 Å². The van der Waals surface area contributed by atoms with Crippen molar-refractivity contribution in [3.63, 3.8) is 0 Å². The van der Waals surface area contributed by atoms with Gasteiger partial charge in [-0.05, 0) is 43.7 Å². The Kier molecular flexibility index (Phi) is 5.66. The lowest BCUT2D eigenvalue weighted by molar-refractivity contribution is -0.117. The number of rotatable bonds is 7. The molecular weight excluding hydrogens is 390 g/mol. The molecule has 150 valence electrons. The highest BCUT2D eigenvalue weighted by molar-refractivity contribution is 7.99. The van der Waals surface area contributed by atoms with Gasteiger partial charge in [-0.1, -0.05) is 17.8 Å². The first-order valence-corrected chi connectivity index (χ1v) is 10.4. The minimum absolute atomic E-state index is 0.121. The standard InChI is InChI=1S/C20H21N5O3S/c1-2-24-19(16-8-5-11-28-16)22-23-20(24)29-13-17(26)21-14-6-3-7-15(12-14)25-10-4-9-18(25)27/h3,5-8,11-12H,2,4,9-10,13H2,1H3,(H,21,26). The van der Waals surface area contributed by atoms with Gasteiger partial charge in [0.1, 0.15) is 0 Å². The third kappa shape index (κ3) is 4.19. The van der Waals surface area contributed by atoms with Crippen LogP contribution in [-0.2, 0) is 16.1 Å². The Morgan fingerprint density at radius 1 is 1.28 bits per heavy atom. The maximum Gasteiger partial charge on any atom is 0.234 e. The van der Waals surface area contributed by atoms with E-state index in [9.17, 15) is 9.59 Å². The predicted octanol–water partition coefficient (Wildman–Crippen LogP) is 3.42. The van der Waals surface area contributed by atoms with Gasteiger partial charge in [-0.15, -0.1) is 10.2 Å². The highest BCUT2D eigenvalue weighted by Crippen LogP contribution is 2.26. The van der Waals surface area contributed by atoms with Crippen LogP contribution in [-0.4, -0.2) is 38.9 Å². The largest absolute Gasteiger partial charge is 0.461 e. The van der Waals surface area contributed by atoms with E-state index in [0.717, 1.165) is 18.7 Å². The second-order valence-corrected chi connectivity index (χ2v) is 7.51. The van der Waals surface area contributed by atoms with E-state index in [2.05, 4.69) is 15.5 Å². The van der Waals surface area contributed by atoms with Crippen LogP contribution in [0.1, 0.15) is 19.8 Å². The molecule has 9 heteroatoms. The van der Waals surface area contributed by atoms with Crippen LogP contribution in [0.5, 0.6) is 0 Å². The van der Waals surface area contributed by atoms with E-state index in [-0.39, 0.29) is 17.6 Å². The molecule has 2 amide bonds. The molecule has 8 nitrogen and oxygen atoms in total. The molecule has 1 saturated heterocycles. The molecule has 3 heterocycles. The van der Waals surface area contributed by atoms with Gasteiger partial charge in [0.25, 0.3) is 0 Å². The lowest BCUT2D eigenvalue weighted by atomic mass is 10.2. The molecule has 29 heavy (non-hydrogen) atoms. The van der Waals surface area contributed by atoms with Gasteiger partial charge in [0.2, 0.25) is 11.8 Å². The Morgan fingerprint density at radius 3 is 2.90 bits per heavy atom. The molecule has 0 unspecified atom stereocenters. The zero-order valence-corrected chi connectivity index (χ0v) is 16.8. The van der Waals surface area contributed by atoms with Crippen molar-refractivity contribution in [1.29, 1.82) is 0 Å². The molecule has 0 spiro atoms. The fraction of sp³-hybridized carbons (Fsp3) is 0.300. The number of hydrogen-bond acceptors (Lipinski definition) is 6. The number of nitrogens with zero attached hydrogens (tertiary/aromatic N) is 4. The molecule has 4 rings (SSSR count). The molecule has 0 saturated carbocycles. The molecular formula is C20H21N5O3S. The number of carbonyl (C=O) groups is 2. The Hall–Kier alpha value is -3.07. The van der Waals surface area contributed by atoms with Crippen molar-refractivity contribution in [2.45, 2.75) is 31.5 Å². The summed E-state index contributed by atoms with van der Waals surface area (Å²) >= 11 is 1.32. The summed E-state index contributed by atoms with van der Waals surface area (Å²) in [6, 6.07) is 11.0. The summed E-state index contributed by atoms with van der Waals surface area (Å²) in [4.78, 5) is 26.1. The summed E-state index contributed by atoms with van der Waals surface area (Å²) in [6.45, 7) is 3.38. The third-order valence-corrected chi connectivity index (χ3v) is 5.59. The monoisotopic (exact) mass is 411 g/mol. The quantitative estimate of drug-likeness (QED) is 0.599. The van der Waals surface area contributed by atoms with Crippen molar-refractivity contribution in [2.24, 2.45) is 0 Å². The van der Waals surface area contributed by atoms with E-state index in [1.54, 1.807) is 17.2 Å². The van der Waals surface area contributed by atoms with E-state index in [4.69, 9.17) is 4.42 Å².